The van der Waals surface area contributed by atoms with Crippen LogP contribution < -0.4 is 15.8 Å². The molecule has 5 heteroatoms. The predicted molar refractivity (Wildman–Crippen MR) is 68.8 cm³/mol. The Morgan fingerprint density at radius 1 is 1.50 bits per heavy atom. The van der Waals surface area contributed by atoms with E-state index in [1.54, 1.807) is 0 Å². The Hall–Kier alpha value is -1.62. The third-order valence-corrected chi connectivity index (χ3v) is 3.12. The summed E-state index contributed by atoms with van der Waals surface area (Å²) in [4.78, 5) is 15.9. The summed E-state index contributed by atoms with van der Waals surface area (Å²) >= 11 is 0. The highest BCUT2D eigenvalue weighted by Gasteiger charge is 2.18. The molecule has 1 amide bonds. The first-order valence-electron chi connectivity index (χ1n) is 6.32. The molecule has 0 spiro atoms. The molecule has 0 saturated carbocycles. The average Bonchev–Trinajstić information content (AvgIpc) is 2.38. The number of likely N-dealkylation sites (N-methyl/N-ethyl adjacent to an activating group) is 1. The molecule has 0 bridgehead atoms. The number of hydrogen-bond acceptors (Lipinski definition) is 4. The van der Waals surface area contributed by atoms with Gasteiger partial charge in [-0.3, -0.25) is 4.79 Å². The van der Waals surface area contributed by atoms with Crippen molar-refractivity contribution < 1.29 is 9.53 Å². The summed E-state index contributed by atoms with van der Waals surface area (Å²) in [6, 6.07) is 1.85. The van der Waals surface area contributed by atoms with Crippen molar-refractivity contribution in [1.29, 1.82) is 0 Å². The van der Waals surface area contributed by atoms with Crippen LogP contribution in [0.5, 0.6) is 5.88 Å². The molecule has 3 N–H and O–H groups in total. The number of nitrogens with two attached hydrogens (primary N) is 1. The fourth-order valence-electron chi connectivity index (χ4n) is 2.15. The van der Waals surface area contributed by atoms with E-state index in [4.69, 9.17) is 10.5 Å². The number of aryl methyl sites for hydroxylation is 2. The standard InChI is InChI=1S/C13H19N3O2/c1-15-6-7-18-13-10(12(14)17)8-9-4-2-3-5-11(9)16-13/h8,15H,2-7H2,1H3,(H2,14,17). The Morgan fingerprint density at radius 3 is 3.00 bits per heavy atom. The zero-order chi connectivity index (χ0) is 13.0. The number of pyridine rings is 1. The second kappa shape index (κ2) is 5.82. The number of carbonyl (C=O) groups excluding carboxylic acids is 1. The Kier molecular flexibility index (Phi) is 4.15. The minimum atomic E-state index is -0.477. The van der Waals surface area contributed by atoms with E-state index in [0.29, 0.717) is 24.6 Å². The number of nitrogens with one attached hydrogen (secondary N) is 1. The lowest BCUT2D eigenvalue weighted by Crippen LogP contribution is -2.21. The number of carbonyl (C=O) groups is 1. The van der Waals surface area contributed by atoms with Gasteiger partial charge in [0.1, 0.15) is 12.2 Å². The molecular formula is C13H19N3O2. The molecule has 1 aliphatic rings. The van der Waals surface area contributed by atoms with Gasteiger partial charge in [-0.05, 0) is 44.4 Å². The largest absolute Gasteiger partial charge is 0.476 e. The number of nitrogens with zero attached hydrogens (tertiary/aromatic N) is 1. The SMILES string of the molecule is CNCCOc1nc2c(cc1C(N)=O)CCCC2. The molecule has 0 atom stereocenters. The van der Waals surface area contributed by atoms with Crippen LogP contribution in [0.3, 0.4) is 0 Å². The number of rotatable bonds is 5. The Balaban J connectivity index is 2.27. The van der Waals surface area contributed by atoms with Crippen LogP contribution in [0.2, 0.25) is 0 Å². The molecule has 98 valence electrons. The second-order valence-electron chi connectivity index (χ2n) is 4.47. The van der Waals surface area contributed by atoms with E-state index in [9.17, 15) is 4.79 Å². The summed E-state index contributed by atoms with van der Waals surface area (Å²) < 4.78 is 5.53. The molecule has 1 aliphatic carbocycles. The minimum Gasteiger partial charge on any atom is -0.476 e. The first-order valence-corrected chi connectivity index (χ1v) is 6.32. The highest BCUT2D eigenvalue weighted by atomic mass is 16.5. The summed E-state index contributed by atoms with van der Waals surface area (Å²) in [6.07, 6.45) is 4.22. The van der Waals surface area contributed by atoms with Crippen LogP contribution in [-0.2, 0) is 12.8 Å². The number of aromatic nitrogens is 1. The molecule has 0 aliphatic heterocycles. The van der Waals surface area contributed by atoms with Crippen molar-refractivity contribution in [2.45, 2.75) is 25.7 Å². The predicted octanol–water partition coefficient (Wildman–Crippen LogP) is 0.657. The van der Waals surface area contributed by atoms with Gasteiger partial charge in [0.05, 0.1) is 0 Å². The highest BCUT2D eigenvalue weighted by Crippen LogP contribution is 2.25. The van der Waals surface area contributed by atoms with Crippen LogP contribution in [0, 0.1) is 0 Å². The van der Waals surface area contributed by atoms with Crippen molar-refractivity contribution in [3.63, 3.8) is 0 Å². The van der Waals surface area contributed by atoms with Gasteiger partial charge in [-0.2, -0.15) is 0 Å². The van der Waals surface area contributed by atoms with Crippen molar-refractivity contribution >= 4 is 5.91 Å². The molecule has 5 nitrogen and oxygen atoms in total. The molecule has 18 heavy (non-hydrogen) atoms. The van der Waals surface area contributed by atoms with Gasteiger partial charge in [0.25, 0.3) is 5.91 Å². The number of ether oxygens (including phenoxy) is 1. The fourth-order valence-corrected chi connectivity index (χ4v) is 2.15. The molecular weight excluding hydrogens is 230 g/mol. The molecule has 0 saturated heterocycles. The average molecular weight is 249 g/mol. The third kappa shape index (κ3) is 2.79. The summed E-state index contributed by atoms with van der Waals surface area (Å²) in [5.41, 5.74) is 7.95. The van der Waals surface area contributed by atoms with E-state index >= 15 is 0 Å². The first-order chi connectivity index (χ1) is 8.72. The van der Waals surface area contributed by atoms with Gasteiger partial charge < -0.3 is 15.8 Å². The number of fused-ring (bicyclic) bond motifs is 1. The monoisotopic (exact) mass is 249 g/mol. The van der Waals surface area contributed by atoms with Crippen LogP contribution in [0.25, 0.3) is 0 Å². The summed E-state index contributed by atoms with van der Waals surface area (Å²) in [6.45, 7) is 1.18. The lowest BCUT2D eigenvalue weighted by atomic mass is 9.95. The van der Waals surface area contributed by atoms with Gasteiger partial charge in [0.2, 0.25) is 5.88 Å². The molecule has 1 aromatic rings. The highest BCUT2D eigenvalue weighted by molar-refractivity contribution is 5.95. The fraction of sp³-hybridized carbons (Fsp3) is 0.538. The van der Waals surface area contributed by atoms with Crippen LogP contribution >= 0.6 is 0 Å². The molecule has 0 aromatic carbocycles. The Morgan fingerprint density at radius 2 is 2.28 bits per heavy atom. The van der Waals surface area contributed by atoms with Crippen molar-refractivity contribution in [2.75, 3.05) is 20.2 Å². The third-order valence-electron chi connectivity index (χ3n) is 3.12. The molecule has 2 rings (SSSR count). The second-order valence-corrected chi connectivity index (χ2v) is 4.47. The van der Waals surface area contributed by atoms with Gasteiger partial charge in [0.15, 0.2) is 0 Å². The maximum Gasteiger partial charge on any atom is 0.254 e. The van der Waals surface area contributed by atoms with Crippen LogP contribution in [0.1, 0.15) is 34.5 Å². The van der Waals surface area contributed by atoms with Gasteiger partial charge in [-0.25, -0.2) is 4.98 Å². The van der Waals surface area contributed by atoms with Crippen LogP contribution in [0.15, 0.2) is 6.07 Å². The zero-order valence-electron chi connectivity index (χ0n) is 10.7. The van der Waals surface area contributed by atoms with Gasteiger partial charge >= 0.3 is 0 Å². The van der Waals surface area contributed by atoms with Crippen LogP contribution in [-0.4, -0.2) is 31.1 Å². The van der Waals surface area contributed by atoms with Gasteiger partial charge in [-0.1, -0.05) is 0 Å². The van der Waals surface area contributed by atoms with Gasteiger partial charge in [-0.15, -0.1) is 0 Å². The molecule has 1 heterocycles. The molecule has 0 radical (unpaired) electrons. The lowest BCUT2D eigenvalue weighted by Gasteiger charge is -2.17. The van der Waals surface area contributed by atoms with E-state index < -0.39 is 5.91 Å². The summed E-state index contributed by atoms with van der Waals surface area (Å²) in [7, 11) is 1.85. The molecule has 1 aromatic heterocycles. The first kappa shape index (κ1) is 12.8. The topological polar surface area (TPSA) is 77.2 Å². The van der Waals surface area contributed by atoms with Crippen molar-refractivity contribution in [3.05, 3.63) is 22.9 Å². The lowest BCUT2D eigenvalue weighted by molar-refractivity contribution is 0.0995. The quantitative estimate of drug-likeness (QED) is 0.751. The van der Waals surface area contributed by atoms with E-state index in [1.807, 2.05) is 13.1 Å². The summed E-state index contributed by atoms with van der Waals surface area (Å²) in [5.74, 6) is -0.103. The zero-order valence-corrected chi connectivity index (χ0v) is 10.7. The van der Waals surface area contributed by atoms with Crippen molar-refractivity contribution in [2.24, 2.45) is 5.73 Å². The normalized spacial score (nSPS) is 14.1. The van der Waals surface area contributed by atoms with Crippen LogP contribution in [0.4, 0.5) is 0 Å². The van der Waals surface area contributed by atoms with E-state index in [1.165, 1.54) is 0 Å². The molecule has 0 unspecified atom stereocenters. The number of hydrogen-bond donors (Lipinski definition) is 2. The maximum atomic E-state index is 11.4. The minimum absolute atomic E-state index is 0.374. The number of primary amides is 1. The Labute approximate surface area is 107 Å². The van der Waals surface area contributed by atoms with Crippen molar-refractivity contribution in [3.8, 4) is 5.88 Å². The van der Waals surface area contributed by atoms with E-state index in [0.717, 1.165) is 36.9 Å². The van der Waals surface area contributed by atoms with Gasteiger partial charge in [0, 0.05) is 12.2 Å². The van der Waals surface area contributed by atoms with E-state index in [2.05, 4.69) is 10.3 Å². The van der Waals surface area contributed by atoms with Crippen molar-refractivity contribution in [1.82, 2.24) is 10.3 Å². The maximum absolute atomic E-state index is 11.4. The smallest absolute Gasteiger partial charge is 0.254 e. The molecule has 0 fully saturated rings. The number of amides is 1. The van der Waals surface area contributed by atoms with E-state index in [-0.39, 0.29) is 0 Å². The Bertz CT molecular complexity index is 446. The summed E-state index contributed by atoms with van der Waals surface area (Å²) in [5, 5.41) is 2.98.